The molecule has 4 heteroatoms. The smallest absolute Gasteiger partial charge is 0.341 e. The van der Waals surface area contributed by atoms with Crippen LogP contribution in [0, 0.1) is 0 Å². The summed E-state index contributed by atoms with van der Waals surface area (Å²) in [6, 6.07) is 4.00. The number of benzene rings is 1. The quantitative estimate of drug-likeness (QED) is 0.583. The second-order valence-electron chi connectivity index (χ2n) is 2.61. The van der Waals surface area contributed by atoms with Gasteiger partial charge in [-0.3, -0.25) is 4.79 Å². The predicted octanol–water partition coefficient (Wildman–Crippen LogP) is 1.38. The second-order valence-corrected chi connectivity index (χ2v) is 2.61. The van der Waals surface area contributed by atoms with Gasteiger partial charge in [0.1, 0.15) is 17.6 Å². The molecule has 0 spiro atoms. The minimum Gasteiger partial charge on any atom is -0.507 e. The van der Waals surface area contributed by atoms with Gasteiger partial charge in [0.25, 0.3) is 0 Å². The molecule has 0 atom stereocenters. The van der Waals surface area contributed by atoms with Gasteiger partial charge >= 0.3 is 5.97 Å². The van der Waals surface area contributed by atoms with Gasteiger partial charge in [0.05, 0.1) is 6.61 Å². The minimum atomic E-state index is -0.631. The molecular formula is C10H10O4. The molecule has 1 aromatic rings. The van der Waals surface area contributed by atoms with Crippen molar-refractivity contribution in [1.82, 2.24) is 0 Å². The molecule has 0 unspecified atom stereocenters. The van der Waals surface area contributed by atoms with Crippen LogP contribution in [0.4, 0.5) is 0 Å². The van der Waals surface area contributed by atoms with Gasteiger partial charge in [0.2, 0.25) is 0 Å². The predicted molar refractivity (Wildman–Crippen MR) is 49.5 cm³/mol. The van der Waals surface area contributed by atoms with E-state index in [4.69, 9.17) is 4.74 Å². The zero-order valence-corrected chi connectivity index (χ0v) is 7.69. The fourth-order valence-electron chi connectivity index (χ4n) is 0.999. The number of aldehydes is 1. The highest BCUT2D eigenvalue weighted by Crippen LogP contribution is 2.18. The van der Waals surface area contributed by atoms with Crippen LogP contribution in [0.15, 0.2) is 18.2 Å². The number of ether oxygens (including phenoxy) is 1. The molecule has 0 saturated heterocycles. The third-order valence-electron chi connectivity index (χ3n) is 1.65. The molecule has 0 aliphatic carbocycles. The normalized spacial score (nSPS) is 9.50. The number of hydrogen-bond donors (Lipinski definition) is 1. The number of phenolic OH excluding ortho intramolecular Hbond substituents is 1. The first kappa shape index (κ1) is 10.2. The van der Waals surface area contributed by atoms with Crippen molar-refractivity contribution in [1.29, 1.82) is 0 Å². The van der Waals surface area contributed by atoms with Crippen LogP contribution in [0.3, 0.4) is 0 Å². The Morgan fingerprint density at radius 3 is 2.86 bits per heavy atom. The molecule has 0 aromatic heterocycles. The molecule has 1 N–H and O–H groups in total. The van der Waals surface area contributed by atoms with Crippen molar-refractivity contribution in [3.8, 4) is 5.75 Å². The van der Waals surface area contributed by atoms with Gasteiger partial charge < -0.3 is 9.84 Å². The van der Waals surface area contributed by atoms with E-state index in [0.29, 0.717) is 11.8 Å². The molecule has 4 nitrogen and oxygen atoms in total. The van der Waals surface area contributed by atoms with Crippen LogP contribution in [0.5, 0.6) is 5.75 Å². The molecule has 1 aromatic carbocycles. The summed E-state index contributed by atoms with van der Waals surface area (Å²) >= 11 is 0. The van der Waals surface area contributed by atoms with Crippen LogP contribution in [0.1, 0.15) is 27.6 Å². The van der Waals surface area contributed by atoms with E-state index < -0.39 is 5.97 Å². The van der Waals surface area contributed by atoms with Gasteiger partial charge in [0, 0.05) is 5.56 Å². The topological polar surface area (TPSA) is 63.6 Å². The van der Waals surface area contributed by atoms with Crippen LogP contribution < -0.4 is 0 Å². The van der Waals surface area contributed by atoms with Gasteiger partial charge in [-0.05, 0) is 25.1 Å². The molecule has 0 heterocycles. The number of carbonyl (C=O) groups excluding carboxylic acids is 2. The van der Waals surface area contributed by atoms with Gasteiger partial charge in [-0.2, -0.15) is 0 Å². The first-order valence-electron chi connectivity index (χ1n) is 4.14. The van der Waals surface area contributed by atoms with Crippen LogP contribution in [-0.4, -0.2) is 24.0 Å². The Morgan fingerprint density at radius 1 is 1.57 bits per heavy atom. The number of aromatic hydroxyl groups is 1. The Bertz CT molecular complexity index is 357. The molecular weight excluding hydrogens is 184 g/mol. The third-order valence-corrected chi connectivity index (χ3v) is 1.65. The van der Waals surface area contributed by atoms with Gasteiger partial charge in [0.15, 0.2) is 0 Å². The first-order valence-corrected chi connectivity index (χ1v) is 4.14. The van der Waals surface area contributed by atoms with Crippen molar-refractivity contribution in [3.63, 3.8) is 0 Å². The standard InChI is InChI=1S/C10H10O4/c1-2-14-10(13)8-5-7(6-11)3-4-9(8)12/h3-6,12H,2H2,1H3. The minimum absolute atomic E-state index is 0.0106. The summed E-state index contributed by atoms with van der Waals surface area (Å²) in [7, 11) is 0. The van der Waals surface area contributed by atoms with Crippen molar-refractivity contribution in [2.45, 2.75) is 6.92 Å². The van der Waals surface area contributed by atoms with Crippen molar-refractivity contribution in [2.75, 3.05) is 6.61 Å². The van der Waals surface area contributed by atoms with E-state index in [-0.39, 0.29) is 17.9 Å². The highest BCUT2D eigenvalue weighted by atomic mass is 16.5. The van der Waals surface area contributed by atoms with E-state index >= 15 is 0 Å². The maximum absolute atomic E-state index is 11.2. The largest absolute Gasteiger partial charge is 0.507 e. The summed E-state index contributed by atoms with van der Waals surface area (Å²) in [4.78, 5) is 21.7. The van der Waals surface area contributed by atoms with Crippen molar-refractivity contribution >= 4 is 12.3 Å². The van der Waals surface area contributed by atoms with E-state index in [9.17, 15) is 14.7 Å². The number of phenols is 1. The molecule has 0 aliphatic rings. The average molecular weight is 194 g/mol. The van der Waals surface area contributed by atoms with Crippen LogP contribution in [0.2, 0.25) is 0 Å². The molecule has 0 radical (unpaired) electrons. The molecule has 1 rings (SSSR count). The highest BCUT2D eigenvalue weighted by molar-refractivity contribution is 5.94. The maximum atomic E-state index is 11.2. The number of rotatable bonds is 3. The molecule has 14 heavy (non-hydrogen) atoms. The first-order chi connectivity index (χ1) is 6.69. The van der Waals surface area contributed by atoms with E-state index in [2.05, 4.69) is 0 Å². The Kier molecular flexibility index (Phi) is 3.23. The fourth-order valence-corrected chi connectivity index (χ4v) is 0.999. The van der Waals surface area contributed by atoms with Crippen LogP contribution in [0.25, 0.3) is 0 Å². The zero-order chi connectivity index (χ0) is 10.6. The summed E-state index contributed by atoms with van der Waals surface area (Å²) < 4.78 is 4.69. The maximum Gasteiger partial charge on any atom is 0.341 e. The summed E-state index contributed by atoms with van der Waals surface area (Å²) in [5.41, 5.74) is 0.335. The van der Waals surface area contributed by atoms with Gasteiger partial charge in [-0.1, -0.05) is 0 Å². The number of carbonyl (C=O) groups is 2. The zero-order valence-electron chi connectivity index (χ0n) is 7.69. The molecule has 0 fully saturated rings. The van der Waals surface area contributed by atoms with Gasteiger partial charge in [-0.15, -0.1) is 0 Å². The lowest BCUT2D eigenvalue weighted by Crippen LogP contribution is -2.05. The highest BCUT2D eigenvalue weighted by Gasteiger charge is 2.12. The molecule has 0 amide bonds. The van der Waals surface area contributed by atoms with E-state index in [1.165, 1.54) is 18.2 Å². The van der Waals surface area contributed by atoms with Crippen molar-refractivity contribution < 1.29 is 19.4 Å². The monoisotopic (exact) mass is 194 g/mol. The summed E-state index contributed by atoms with van der Waals surface area (Å²) in [5, 5.41) is 9.31. The van der Waals surface area contributed by atoms with Crippen molar-refractivity contribution in [2.24, 2.45) is 0 Å². The van der Waals surface area contributed by atoms with E-state index in [1.54, 1.807) is 6.92 Å². The number of esters is 1. The fraction of sp³-hybridized carbons (Fsp3) is 0.200. The molecule has 0 aliphatic heterocycles. The Labute approximate surface area is 81.1 Å². The average Bonchev–Trinajstić information content (AvgIpc) is 2.19. The van der Waals surface area contributed by atoms with E-state index in [1.807, 2.05) is 0 Å². The summed E-state index contributed by atoms with van der Waals surface area (Å²) in [5.74, 6) is -0.817. The lowest BCUT2D eigenvalue weighted by molar-refractivity contribution is 0.0523. The molecule has 0 saturated carbocycles. The van der Waals surface area contributed by atoms with Crippen LogP contribution in [-0.2, 0) is 4.74 Å². The summed E-state index contributed by atoms with van der Waals surface area (Å²) in [6.45, 7) is 1.89. The Morgan fingerprint density at radius 2 is 2.29 bits per heavy atom. The Balaban J connectivity index is 3.05. The van der Waals surface area contributed by atoms with Gasteiger partial charge in [-0.25, -0.2) is 4.79 Å². The van der Waals surface area contributed by atoms with E-state index in [0.717, 1.165) is 0 Å². The second kappa shape index (κ2) is 4.41. The summed E-state index contributed by atoms with van der Waals surface area (Å²) in [6.07, 6.45) is 0.599. The molecule has 0 bridgehead atoms. The SMILES string of the molecule is CCOC(=O)c1cc(C=O)ccc1O. The third kappa shape index (κ3) is 2.10. The number of hydrogen-bond acceptors (Lipinski definition) is 4. The van der Waals surface area contributed by atoms with Crippen molar-refractivity contribution in [3.05, 3.63) is 29.3 Å². The van der Waals surface area contributed by atoms with Crippen LogP contribution >= 0.6 is 0 Å². The Hall–Kier alpha value is -1.84. The lowest BCUT2D eigenvalue weighted by atomic mass is 10.1. The molecule has 74 valence electrons. The lowest BCUT2D eigenvalue weighted by Gasteiger charge is -2.04.